The van der Waals surface area contributed by atoms with Gasteiger partial charge in [0.05, 0.1) is 12.2 Å². The number of hydrogen-bond donors (Lipinski definition) is 0. The summed E-state index contributed by atoms with van der Waals surface area (Å²) in [6.45, 7) is 2.32. The summed E-state index contributed by atoms with van der Waals surface area (Å²) < 4.78 is 12.0. The topological polar surface area (TPSA) is 64.6 Å². The summed E-state index contributed by atoms with van der Waals surface area (Å²) >= 11 is 0. The first kappa shape index (κ1) is 14.9. The van der Waals surface area contributed by atoms with Crippen molar-refractivity contribution in [3.05, 3.63) is 18.5 Å². The number of ether oxygens (including phenoxy) is 2. The number of piperidine rings is 1. The first-order valence-electron chi connectivity index (χ1n) is 8.61. The third-order valence-corrected chi connectivity index (χ3v) is 5.17. The van der Waals surface area contributed by atoms with Gasteiger partial charge in [0.15, 0.2) is 0 Å². The van der Waals surface area contributed by atoms with Crippen LogP contribution in [-0.4, -0.2) is 52.2 Å². The number of carbonyl (C=O) groups excluding carboxylic acids is 1. The number of hydrogen-bond acceptors (Lipinski definition) is 5. The third kappa shape index (κ3) is 3.32. The van der Waals surface area contributed by atoms with E-state index in [1.165, 1.54) is 0 Å². The van der Waals surface area contributed by atoms with Gasteiger partial charge in [-0.2, -0.15) is 0 Å². The highest BCUT2D eigenvalue weighted by atomic mass is 16.5. The molecular weight excluding hydrogens is 294 g/mol. The number of amides is 1. The lowest BCUT2D eigenvalue weighted by Gasteiger charge is -2.45. The van der Waals surface area contributed by atoms with Crippen LogP contribution in [0.5, 0.6) is 6.01 Å². The van der Waals surface area contributed by atoms with Gasteiger partial charge in [0.25, 0.3) is 0 Å². The smallest absolute Gasteiger partial charge is 0.316 e. The van der Waals surface area contributed by atoms with Crippen molar-refractivity contribution in [3.8, 4) is 6.01 Å². The normalized spacial score (nSPS) is 27.0. The zero-order valence-electron chi connectivity index (χ0n) is 13.3. The van der Waals surface area contributed by atoms with Crippen LogP contribution in [0.3, 0.4) is 0 Å². The van der Waals surface area contributed by atoms with Gasteiger partial charge in [0, 0.05) is 44.2 Å². The fourth-order valence-electron chi connectivity index (χ4n) is 3.65. The molecule has 1 aromatic heterocycles. The minimum absolute atomic E-state index is 0.0943. The van der Waals surface area contributed by atoms with Crippen LogP contribution in [0.1, 0.15) is 38.5 Å². The summed E-state index contributed by atoms with van der Waals surface area (Å²) in [6.07, 6.45) is 9.16. The molecule has 0 radical (unpaired) electrons. The first-order chi connectivity index (χ1) is 11.2. The average Bonchev–Trinajstić information content (AvgIpc) is 3.41. The maximum Gasteiger partial charge on any atom is 0.316 e. The molecule has 1 spiro atoms. The van der Waals surface area contributed by atoms with Gasteiger partial charge in [-0.1, -0.05) is 0 Å². The van der Waals surface area contributed by atoms with Crippen molar-refractivity contribution >= 4 is 5.91 Å². The summed E-state index contributed by atoms with van der Waals surface area (Å²) in [4.78, 5) is 22.5. The summed E-state index contributed by atoms with van der Waals surface area (Å²) in [5.41, 5.74) is -0.141. The molecule has 1 saturated carbocycles. The van der Waals surface area contributed by atoms with E-state index < -0.39 is 0 Å². The van der Waals surface area contributed by atoms with Crippen LogP contribution in [0.15, 0.2) is 18.5 Å². The van der Waals surface area contributed by atoms with E-state index in [0.717, 1.165) is 51.6 Å². The lowest BCUT2D eigenvalue weighted by Crippen LogP contribution is -2.52. The van der Waals surface area contributed by atoms with Crippen LogP contribution >= 0.6 is 0 Å². The van der Waals surface area contributed by atoms with Crippen LogP contribution in [0.25, 0.3) is 0 Å². The predicted octanol–water partition coefficient (Wildman–Crippen LogP) is 1.81. The van der Waals surface area contributed by atoms with Crippen molar-refractivity contribution in [1.82, 2.24) is 14.9 Å². The quantitative estimate of drug-likeness (QED) is 0.850. The van der Waals surface area contributed by atoms with Gasteiger partial charge in [-0.3, -0.25) is 4.79 Å². The van der Waals surface area contributed by atoms with Gasteiger partial charge in [-0.05, 0) is 31.7 Å². The first-order valence-corrected chi connectivity index (χ1v) is 8.61. The second-order valence-electron chi connectivity index (χ2n) is 6.90. The van der Waals surface area contributed by atoms with Gasteiger partial charge < -0.3 is 14.4 Å². The van der Waals surface area contributed by atoms with Gasteiger partial charge >= 0.3 is 6.01 Å². The van der Waals surface area contributed by atoms with Crippen molar-refractivity contribution in [2.75, 3.05) is 19.7 Å². The molecule has 0 bridgehead atoms. The average molecular weight is 317 g/mol. The van der Waals surface area contributed by atoms with E-state index in [0.29, 0.717) is 24.4 Å². The minimum atomic E-state index is -0.141. The van der Waals surface area contributed by atoms with Crippen molar-refractivity contribution in [2.45, 2.75) is 50.2 Å². The van der Waals surface area contributed by atoms with Crippen LogP contribution in [0.2, 0.25) is 0 Å². The molecule has 2 saturated heterocycles. The van der Waals surface area contributed by atoms with Gasteiger partial charge in [0.1, 0.15) is 6.10 Å². The molecule has 0 aromatic carbocycles. The van der Waals surface area contributed by atoms with Crippen molar-refractivity contribution in [2.24, 2.45) is 5.92 Å². The number of rotatable bonds is 3. The Morgan fingerprint density at radius 2 is 1.96 bits per heavy atom. The van der Waals surface area contributed by atoms with E-state index in [1.807, 2.05) is 4.90 Å². The molecule has 1 aromatic rings. The Hall–Kier alpha value is -1.69. The Morgan fingerprint density at radius 3 is 2.65 bits per heavy atom. The van der Waals surface area contributed by atoms with E-state index in [-0.39, 0.29) is 11.7 Å². The summed E-state index contributed by atoms with van der Waals surface area (Å²) in [5.74, 6) is 0.656. The highest BCUT2D eigenvalue weighted by Gasteiger charge is 2.43. The Morgan fingerprint density at radius 1 is 1.22 bits per heavy atom. The molecule has 1 aliphatic carbocycles. The van der Waals surface area contributed by atoms with Crippen molar-refractivity contribution < 1.29 is 14.3 Å². The van der Waals surface area contributed by atoms with E-state index in [4.69, 9.17) is 9.47 Å². The predicted molar refractivity (Wildman–Crippen MR) is 82.9 cm³/mol. The molecule has 23 heavy (non-hydrogen) atoms. The third-order valence-electron chi connectivity index (χ3n) is 5.17. The van der Waals surface area contributed by atoms with Crippen LogP contribution in [-0.2, 0) is 9.53 Å². The zero-order chi connectivity index (χ0) is 15.7. The molecule has 1 amide bonds. The molecule has 6 heteroatoms. The Kier molecular flexibility index (Phi) is 3.93. The maximum atomic E-state index is 12.2. The summed E-state index contributed by atoms with van der Waals surface area (Å²) in [5, 5.41) is 0. The maximum absolute atomic E-state index is 12.2. The molecule has 3 heterocycles. The largest absolute Gasteiger partial charge is 0.460 e. The second kappa shape index (κ2) is 6.07. The van der Waals surface area contributed by atoms with Gasteiger partial charge in [-0.25, -0.2) is 9.97 Å². The van der Waals surface area contributed by atoms with Crippen molar-refractivity contribution in [1.29, 1.82) is 0 Å². The highest BCUT2D eigenvalue weighted by Crippen LogP contribution is 2.38. The van der Waals surface area contributed by atoms with Crippen molar-refractivity contribution in [3.63, 3.8) is 0 Å². The Balaban J connectivity index is 1.34. The highest BCUT2D eigenvalue weighted by molar-refractivity contribution is 5.81. The molecule has 6 nitrogen and oxygen atoms in total. The number of carbonyl (C=O) groups is 1. The number of likely N-dealkylation sites (tertiary alicyclic amines) is 1. The SMILES string of the molecule is O=C(C1CC1)N1CCC2(CC1)CC(Oc1ncccn1)CCO2. The molecule has 3 aliphatic rings. The second-order valence-corrected chi connectivity index (χ2v) is 6.90. The molecule has 4 rings (SSSR count). The fourth-order valence-corrected chi connectivity index (χ4v) is 3.65. The number of nitrogens with zero attached hydrogens (tertiary/aromatic N) is 3. The molecular formula is C17H23N3O3. The zero-order valence-corrected chi connectivity index (χ0v) is 13.3. The van der Waals surface area contributed by atoms with E-state index >= 15 is 0 Å². The van der Waals surface area contributed by atoms with E-state index in [1.54, 1.807) is 18.5 Å². The lowest BCUT2D eigenvalue weighted by atomic mass is 9.83. The molecule has 3 fully saturated rings. The Labute approximate surface area is 136 Å². The van der Waals surface area contributed by atoms with Gasteiger partial charge in [0.2, 0.25) is 5.91 Å². The molecule has 1 atom stereocenters. The molecule has 2 aliphatic heterocycles. The Bertz CT molecular complexity index is 553. The van der Waals surface area contributed by atoms with Gasteiger partial charge in [-0.15, -0.1) is 0 Å². The lowest BCUT2D eigenvalue weighted by molar-refractivity contribution is -0.152. The van der Waals surface area contributed by atoms with Crippen LogP contribution in [0.4, 0.5) is 0 Å². The molecule has 124 valence electrons. The monoisotopic (exact) mass is 317 g/mol. The van der Waals surface area contributed by atoms with E-state index in [2.05, 4.69) is 9.97 Å². The summed E-state index contributed by atoms with van der Waals surface area (Å²) in [7, 11) is 0. The van der Waals surface area contributed by atoms with Crippen LogP contribution in [0, 0.1) is 5.92 Å². The summed E-state index contributed by atoms with van der Waals surface area (Å²) in [6, 6.07) is 2.22. The molecule has 1 unspecified atom stereocenters. The minimum Gasteiger partial charge on any atom is -0.460 e. The van der Waals surface area contributed by atoms with Crippen LogP contribution < -0.4 is 4.74 Å². The standard InChI is InChI=1S/C17H23N3O3/c21-15(13-2-3-13)20-9-5-17(6-10-20)12-14(4-11-22-17)23-16-18-7-1-8-19-16/h1,7-8,13-14H,2-6,9-12H2. The fraction of sp³-hybridized carbons (Fsp3) is 0.706. The molecule has 0 N–H and O–H groups in total. The van der Waals surface area contributed by atoms with E-state index in [9.17, 15) is 4.79 Å². The number of aromatic nitrogens is 2.